The zero-order chi connectivity index (χ0) is 42.0. The van der Waals surface area contributed by atoms with Crippen LogP contribution in [0.4, 0.5) is 0 Å². The first kappa shape index (κ1) is 44.1. The van der Waals surface area contributed by atoms with Gasteiger partial charge in [-0.1, -0.05) is 58.0 Å². The number of para-hydroxylation sites is 1. The van der Waals surface area contributed by atoms with Crippen LogP contribution in [0.25, 0.3) is 17.0 Å². The molecule has 0 spiro atoms. The number of carbonyl (C=O) groups excluding carboxylic acids is 4. The lowest BCUT2D eigenvalue weighted by Gasteiger charge is -2.47. The molecule has 1 aromatic carbocycles. The molecule has 0 bridgehead atoms. The highest BCUT2D eigenvalue weighted by Crippen LogP contribution is 2.48. The van der Waals surface area contributed by atoms with Crippen LogP contribution < -0.4 is 0 Å². The van der Waals surface area contributed by atoms with E-state index < -0.39 is 89.0 Å². The second-order valence-corrected chi connectivity index (χ2v) is 16.9. The fourth-order valence-electron chi connectivity index (χ4n) is 9.32. The predicted octanol–water partition coefficient (Wildman–Crippen LogP) is 5.31. The van der Waals surface area contributed by atoms with Crippen LogP contribution >= 0.6 is 0 Å². The molecule has 3 saturated heterocycles. The van der Waals surface area contributed by atoms with Crippen LogP contribution in [0.15, 0.2) is 42.6 Å². The van der Waals surface area contributed by atoms with Crippen molar-refractivity contribution in [2.45, 2.75) is 123 Å². The molecule has 13 nitrogen and oxygen atoms in total. The summed E-state index contributed by atoms with van der Waals surface area (Å²) in [6.07, 6.45) is 1.41. The molecule has 0 radical (unpaired) electrons. The predicted molar refractivity (Wildman–Crippen MR) is 211 cm³/mol. The molecule has 2 aromatic rings. The average Bonchev–Trinajstić information content (AvgIpc) is 3.45. The second kappa shape index (κ2) is 17.8. The summed E-state index contributed by atoms with van der Waals surface area (Å²) < 4.78 is 31.5. The summed E-state index contributed by atoms with van der Waals surface area (Å²) in [4.78, 5) is 62.6. The Labute approximate surface area is 336 Å². The largest absolute Gasteiger partial charge is 0.458 e. The molecule has 4 heterocycles. The van der Waals surface area contributed by atoms with Gasteiger partial charge in [-0.15, -0.1) is 0 Å². The number of aliphatic hydroxyl groups is 1. The molecule has 13 heteroatoms. The van der Waals surface area contributed by atoms with E-state index in [9.17, 15) is 29.5 Å². The second-order valence-electron chi connectivity index (χ2n) is 16.9. The van der Waals surface area contributed by atoms with Crippen molar-refractivity contribution in [1.82, 2.24) is 9.88 Å². The number of nitrogens with zero attached hydrogens (tertiary/aromatic N) is 3. The molecule has 0 saturated carbocycles. The van der Waals surface area contributed by atoms with Crippen LogP contribution in [0.1, 0.15) is 80.2 Å². The number of nitriles is 1. The maximum Gasteiger partial charge on any atom is 0.324 e. The van der Waals surface area contributed by atoms with Gasteiger partial charge < -0.3 is 33.7 Å². The number of cyclic esters (lactones) is 1. The Bertz CT molecular complexity index is 1880. The molecular weight excluding hydrogens is 730 g/mol. The van der Waals surface area contributed by atoms with Gasteiger partial charge in [0.25, 0.3) is 0 Å². The lowest BCUT2D eigenvalue weighted by molar-refractivity contribution is -0.296. The Morgan fingerprint density at radius 2 is 1.74 bits per heavy atom. The fraction of sp³-hybridized carbons (Fsp3) is 0.636. The Balaban J connectivity index is 1.58. The summed E-state index contributed by atoms with van der Waals surface area (Å²) in [6.45, 7) is 13.5. The van der Waals surface area contributed by atoms with E-state index in [1.165, 1.54) is 6.92 Å². The third-order valence-electron chi connectivity index (χ3n) is 12.5. The van der Waals surface area contributed by atoms with Gasteiger partial charge in [0.2, 0.25) is 0 Å². The number of aromatic nitrogens is 1. The molecule has 3 aliphatic heterocycles. The van der Waals surface area contributed by atoms with Crippen molar-refractivity contribution >= 4 is 40.5 Å². The summed E-state index contributed by atoms with van der Waals surface area (Å²) >= 11 is 0. The molecule has 2 unspecified atom stereocenters. The van der Waals surface area contributed by atoms with Crippen molar-refractivity contribution in [2.75, 3.05) is 20.7 Å². The molecule has 14 atom stereocenters. The Hall–Kier alpha value is -4.06. The highest BCUT2D eigenvalue weighted by molar-refractivity contribution is 6.00. The van der Waals surface area contributed by atoms with Gasteiger partial charge in [0, 0.05) is 41.3 Å². The molecule has 3 fully saturated rings. The summed E-state index contributed by atoms with van der Waals surface area (Å²) in [7, 11) is 3.72. The highest BCUT2D eigenvalue weighted by Gasteiger charge is 2.62. The standard InChI is InChI=1S/C44H59N3O10/c1-11-34-44(8)35(31(22-45)41(52)57-44)26(4)36(48)24(2)21-43(7,53-18-14-15-29-20-30-16-12-13-17-32(30)46-23-29)39(27(5)37(49)28(6)40(51)55-34)56-42-38(50)33(47(9)10)19-25(3)54-42/h12-17,20,23-28,31,33-35,38-39,42,50H,11,18-19,21H2,1-10H3/b15-14+/t24-,25-,26-,27+,28-,31?,33?,34-,35+,38-,39-,42+,43-,44-/m1/s1. The number of carbonyl (C=O) groups is 4. The van der Waals surface area contributed by atoms with Gasteiger partial charge in [-0.3, -0.25) is 24.2 Å². The lowest BCUT2D eigenvalue weighted by atomic mass is 9.67. The molecule has 0 amide bonds. The van der Waals surface area contributed by atoms with Crippen molar-refractivity contribution in [2.24, 2.45) is 35.5 Å². The number of hydrogen-bond donors (Lipinski definition) is 1. The summed E-state index contributed by atoms with van der Waals surface area (Å²) in [5.74, 6) is -8.62. The van der Waals surface area contributed by atoms with E-state index in [2.05, 4.69) is 4.98 Å². The van der Waals surface area contributed by atoms with E-state index in [-0.39, 0.29) is 37.4 Å². The lowest BCUT2D eigenvalue weighted by Crippen LogP contribution is -2.59. The van der Waals surface area contributed by atoms with Gasteiger partial charge in [-0.2, -0.15) is 5.26 Å². The number of rotatable bonds is 8. The zero-order valence-electron chi connectivity index (χ0n) is 34.8. The van der Waals surface area contributed by atoms with Crippen molar-refractivity contribution < 1.29 is 48.0 Å². The number of ketones is 2. The van der Waals surface area contributed by atoms with Crippen molar-refractivity contribution in [3.05, 3.63) is 48.2 Å². The molecule has 1 N–H and O–H groups in total. The molecule has 3 aliphatic rings. The van der Waals surface area contributed by atoms with Crippen LogP contribution in [0.2, 0.25) is 0 Å². The van der Waals surface area contributed by atoms with E-state index >= 15 is 0 Å². The summed E-state index contributed by atoms with van der Waals surface area (Å²) in [5.41, 5.74) is -1.23. The minimum atomic E-state index is -1.52. The van der Waals surface area contributed by atoms with Crippen molar-refractivity contribution in [3.63, 3.8) is 0 Å². The topological polar surface area (TPSA) is 175 Å². The highest BCUT2D eigenvalue weighted by atomic mass is 16.7. The molecule has 57 heavy (non-hydrogen) atoms. The molecule has 5 rings (SSSR count). The van der Waals surface area contributed by atoms with E-state index in [4.69, 9.17) is 23.7 Å². The molecule has 310 valence electrons. The Kier molecular flexibility index (Phi) is 13.8. The average molecular weight is 790 g/mol. The van der Waals surface area contributed by atoms with Crippen LogP contribution in [0.5, 0.6) is 0 Å². The van der Waals surface area contributed by atoms with Crippen molar-refractivity contribution in [1.29, 1.82) is 5.26 Å². The first-order valence-electron chi connectivity index (χ1n) is 20.1. The number of likely N-dealkylation sites (N-methyl/N-ethyl adjacent to an activating group) is 1. The van der Waals surface area contributed by atoms with Gasteiger partial charge in [0.15, 0.2) is 23.6 Å². The van der Waals surface area contributed by atoms with Gasteiger partial charge in [-0.25, -0.2) is 0 Å². The number of pyridine rings is 1. The first-order chi connectivity index (χ1) is 26.9. The van der Waals surface area contributed by atoms with Crippen LogP contribution in [0.3, 0.4) is 0 Å². The van der Waals surface area contributed by atoms with Crippen LogP contribution in [0, 0.1) is 46.8 Å². The number of aliphatic hydroxyl groups excluding tert-OH is 1. The SMILES string of the molecule is CC[C@H]1OC(=O)[C@H](C)C(=O)[C@H](C)[C@@H](O[C@@H]2O[C@H](C)CC(N(C)C)[C@H]2O)[C@](C)(OC/C=C/c2cnc3ccccc3c2)C[C@@H](C)C(=O)[C@H](C)[C@H]2C(C#N)C(=O)O[C@@]21C. The normalized spacial score (nSPS) is 38.4. The smallest absolute Gasteiger partial charge is 0.324 e. The maximum atomic E-state index is 14.6. The summed E-state index contributed by atoms with van der Waals surface area (Å²) in [6, 6.07) is 11.5. The van der Waals surface area contributed by atoms with E-state index in [1.54, 1.807) is 47.7 Å². The molecule has 1 aromatic heterocycles. The Morgan fingerprint density at radius 1 is 1.04 bits per heavy atom. The number of benzene rings is 1. The minimum Gasteiger partial charge on any atom is -0.458 e. The van der Waals surface area contributed by atoms with Gasteiger partial charge >= 0.3 is 11.9 Å². The number of ether oxygens (including phenoxy) is 5. The Morgan fingerprint density at radius 3 is 2.40 bits per heavy atom. The quantitative estimate of drug-likeness (QED) is 0.269. The molecular formula is C44H59N3O10. The van der Waals surface area contributed by atoms with Crippen molar-refractivity contribution in [3.8, 4) is 6.07 Å². The summed E-state index contributed by atoms with van der Waals surface area (Å²) in [5, 5.41) is 22.7. The van der Waals surface area contributed by atoms with E-state index in [1.807, 2.05) is 74.5 Å². The van der Waals surface area contributed by atoms with Crippen LogP contribution in [-0.4, -0.2) is 107 Å². The third kappa shape index (κ3) is 9.00. The van der Waals surface area contributed by atoms with Crippen LogP contribution in [-0.2, 0) is 42.9 Å². The first-order valence-corrected chi connectivity index (χ1v) is 20.1. The minimum absolute atomic E-state index is 0.0285. The van der Waals surface area contributed by atoms with Gasteiger partial charge in [0.1, 0.15) is 23.9 Å². The third-order valence-corrected chi connectivity index (χ3v) is 12.5. The van der Waals surface area contributed by atoms with Gasteiger partial charge in [-0.05, 0) is 78.7 Å². The number of esters is 2. The fourth-order valence-corrected chi connectivity index (χ4v) is 9.32. The monoisotopic (exact) mass is 789 g/mol. The zero-order valence-corrected chi connectivity index (χ0v) is 34.8. The molecule has 0 aliphatic carbocycles. The van der Waals surface area contributed by atoms with E-state index in [0.717, 1.165) is 16.5 Å². The number of Topliss-reactive ketones (excluding diaryl/α,β-unsaturated/α-hetero) is 2. The van der Waals surface area contributed by atoms with Gasteiger partial charge in [0.05, 0.1) is 36.0 Å². The number of fused-ring (bicyclic) bond motifs is 2. The van der Waals surface area contributed by atoms with E-state index in [0.29, 0.717) is 6.42 Å². The number of hydrogen-bond acceptors (Lipinski definition) is 13. The maximum absolute atomic E-state index is 14.6.